The van der Waals surface area contributed by atoms with Crippen molar-refractivity contribution in [1.82, 2.24) is 19.5 Å². The molecule has 0 amide bonds. The van der Waals surface area contributed by atoms with Crippen LogP contribution in [-0.4, -0.2) is 32.6 Å². The number of esters is 1. The molecule has 4 rings (SSSR count). The molecule has 1 aliphatic rings. The van der Waals surface area contributed by atoms with E-state index in [1.165, 1.54) is 20.0 Å². The third kappa shape index (κ3) is 3.41. The van der Waals surface area contributed by atoms with Crippen LogP contribution in [0.2, 0.25) is 0 Å². The van der Waals surface area contributed by atoms with E-state index in [2.05, 4.69) is 25.9 Å². The van der Waals surface area contributed by atoms with Crippen molar-refractivity contribution in [2.45, 2.75) is 38.1 Å². The van der Waals surface area contributed by atoms with Gasteiger partial charge >= 0.3 is 5.97 Å². The minimum atomic E-state index is -0.360. The van der Waals surface area contributed by atoms with Gasteiger partial charge in [-0.05, 0) is 46.5 Å². The first-order chi connectivity index (χ1) is 13.1. The van der Waals surface area contributed by atoms with Crippen LogP contribution in [-0.2, 0) is 11.3 Å². The molecule has 1 aliphatic carbocycles. The van der Waals surface area contributed by atoms with E-state index in [1.54, 1.807) is 6.07 Å². The molecule has 0 unspecified atom stereocenters. The predicted octanol–water partition coefficient (Wildman–Crippen LogP) is 3.66. The molecule has 1 aromatic carbocycles. The molecule has 0 spiro atoms. The highest BCUT2D eigenvalue weighted by molar-refractivity contribution is 9.10. The Hall–Kier alpha value is -2.48. The number of aromatic nitrogens is 4. The highest BCUT2D eigenvalue weighted by atomic mass is 79.9. The first kappa shape index (κ1) is 17.9. The molecule has 8 heteroatoms. The number of halogens is 1. The highest BCUT2D eigenvalue weighted by Gasteiger charge is 2.23. The van der Waals surface area contributed by atoms with Gasteiger partial charge in [-0.15, -0.1) is 0 Å². The van der Waals surface area contributed by atoms with Gasteiger partial charge in [0.05, 0.1) is 19.2 Å². The summed E-state index contributed by atoms with van der Waals surface area (Å²) in [4.78, 5) is 25.6. The van der Waals surface area contributed by atoms with E-state index in [0.717, 1.165) is 24.2 Å². The fraction of sp³-hybridized carbons (Fsp3) is 0.368. The summed E-state index contributed by atoms with van der Waals surface area (Å²) in [5, 5.41) is 0. The van der Waals surface area contributed by atoms with E-state index >= 15 is 0 Å². The lowest BCUT2D eigenvalue weighted by atomic mass is 10.1. The fourth-order valence-electron chi connectivity index (χ4n) is 3.62. The van der Waals surface area contributed by atoms with Gasteiger partial charge in [-0.25, -0.2) is 19.7 Å². The van der Waals surface area contributed by atoms with Crippen molar-refractivity contribution in [3.63, 3.8) is 0 Å². The fourth-order valence-corrected chi connectivity index (χ4v) is 4.09. The van der Waals surface area contributed by atoms with Crippen molar-refractivity contribution in [2.24, 2.45) is 0 Å². The van der Waals surface area contributed by atoms with E-state index in [1.807, 2.05) is 22.8 Å². The van der Waals surface area contributed by atoms with Crippen LogP contribution in [0.25, 0.3) is 11.2 Å². The molecule has 1 saturated carbocycles. The van der Waals surface area contributed by atoms with Crippen molar-refractivity contribution in [2.75, 3.05) is 12.8 Å². The standard InChI is InChI=1S/C19H20BrN5O2/c1-27-18(26)13-8-4-5-11(9-13)10-25-17-14(22-19(25)20)15(21)23-16(24-17)12-6-2-3-7-12/h4-5,8-9,12H,2-3,6-7,10H2,1H3,(H2,21,23,24). The number of hydrogen-bond acceptors (Lipinski definition) is 6. The average molecular weight is 430 g/mol. The molecule has 27 heavy (non-hydrogen) atoms. The maximum absolute atomic E-state index is 11.8. The lowest BCUT2D eigenvalue weighted by molar-refractivity contribution is 0.0600. The number of carbonyl (C=O) groups is 1. The molecule has 2 N–H and O–H groups in total. The Bertz CT molecular complexity index is 1010. The molecule has 7 nitrogen and oxygen atoms in total. The van der Waals surface area contributed by atoms with Crippen molar-refractivity contribution in [3.05, 3.63) is 46.0 Å². The molecule has 0 atom stereocenters. The minimum Gasteiger partial charge on any atom is -0.465 e. The monoisotopic (exact) mass is 429 g/mol. The Morgan fingerprint density at radius 1 is 1.30 bits per heavy atom. The number of nitrogens with two attached hydrogens (primary N) is 1. The van der Waals surface area contributed by atoms with E-state index in [9.17, 15) is 4.79 Å². The van der Waals surface area contributed by atoms with Crippen LogP contribution in [0.4, 0.5) is 5.82 Å². The van der Waals surface area contributed by atoms with Crippen LogP contribution < -0.4 is 5.73 Å². The second kappa shape index (κ2) is 7.26. The number of anilines is 1. The van der Waals surface area contributed by atoms with Gasteiger partial charge < -0.3 is 10.5 Å². The van der Waals surface area contributed by atoms with Gasteiger partial charge in [0.25, 0.3) is 0 Å². The van der Waals surface area contributed by atoms with Crippen molar-refractivity contribution in [1.29, 1.82) is 0 Å². The molecule has 0 saturated heterocycles. The third-order valence-electron chi connectivity index (χ3n) is 5.00. The predicted molar refractivity (Wildman–Crippen MR) is 106 cm³/mol. The number of methoxy groups -OCH3 is 1. The van der Waals surface area contributed by atoms with Crippen molar-refractivity contribution in [3.8, 4) is 0 Å². The highest BCUT2D eigenvalue weighted by Crippen LogP contribution is 2.34. The number of hydrogen-bond donors (Lipinski definition) is 1. The summed E-state index contributed by atoms with van der Waals surface area (Å²) in [5.41, 5.74) is 8.92. The molecule has 0 aliphatic heterocycles. The average Bonchev–Trinajstić information content (AvgIpc) is 3.31. The number of ether oxygens (including phenoxy) is 1. The third-order valence-corrected chi connectivity index (χ3v) is 5.61. The summed E-state index contributed by atoms with van der Waals surface area (Å²) in [6, 6.07) is 7.33. The molecule has 3 aromatic rings. The second-order valence-electron chi connectivity index (χ2n) is 6.78. The van der Waals surface area contributed by atoms with E-state index < -0.39 is 0 Å². The normalized spacial score (nSPS) is 14.7. The topological polar surface area (TPSA) is 95.9 Å². The van der Waals surface area contributed by atoms with Crippen molar-refractivity contribution < 1.29 is 9.53 Å². The van der Waals surface area contributed by atoms with Crippen LogP contribution in [0.5, 0.6) is 0 Å². The zero-order valence-electron chi connectivity index (χ0n) is 15.0. The number of fused-ring (bicyclic) bond motifs is 1. The molecule has 2 aromatic heterocycles. The van der Waals surface area contributed by atoms with Crippen LogP contribution in [0.3, 0.4) is 0 Å². The van der Waals surface area contributed by atoms with E-state index in [0.29, 0.717) is 39.7 Å². The Morgan fingerprint density at radius 3 is 2.81 bits per heavy atom. The zero-order valence-corrected chi connectivity index (χ0v) is 16.6. The molecule has 2 heterocycles. The summed E-state index contributed by atoms with van der Waals surface area (Å²) in [5.74, 6) is 1.21. The number of nitrogens with zero attached hydrogens (tertiary/aromatic N) is 4. The van der Waals surface area contributed by atoms with Gasteiger partial charge in [-0.3, -0.25) is 4.57 Å². The van der Waals surface area contributed by atoms with Gasteiger partial charge in [-0.2, -0.15) is 0 Å². The van der Waals surface area contributed by atoms with Crippen LogP contribution in [0, 0.1) is 0 Å². The first-order valence-electron chi connectivity index (χ1n) is 8.93. The van der Waals surface area contributed by atoms with Crippen LogP contribution in [0.15, 0.2) is 29.0 Å². The number of imidazole rings is 1. The number of carbonyl (C=O) groups excluding carboxylic acids is 1. The van der Waals surface area contributed by atoms with Gasteiger partial charge in [0.2, 0.25) is 0 Å². The molecular formula is C19H20BrN5O2. The number of benzene rings is 1. The maximum atomic E-state index is 11.8. The number of rotatable bonds is 4. The lowest BCUT2D eigenvalue weighted by Gasteiger charge is -2.11. The summed E-state index contributed by atoms with van der Waals surface area (Å²) < 4.78 is 7.38. The quantitative estimate of drug-likeness (QED) is 0.501. The van der Waals surface area contributed by atoms with Gasteiger partial charge in [0, 0.05) is 5.92 Å². The Kier molecular flexibility index (Phi) is 4.82. The van der Waals surface area contributed by atoms with E-state index in [4.69, 9.17) is 15.5 Å². The molecular weight excluding hydrogens is 410 g/mol. The van der Waals surface area contributed by atoms with Crippen LogP contribution in [0.1, 0.15) is 53.3 Å². The first-order valence-corrected chi connectivity index (χ1v) is 9.72. The van der Waals surface area contributed by atoms with Gasteiger partial charge in [-0.1, -0.05) is 25.0 Å². The van der Waals surface area contributed by atoms with Crippen molar-refractivity contribution >= 4 is 38.9 Å². The van der Waals surface area contributed by atoms with Gasteiger partial charge in [0.15, 0.2) is 21.7 Å². The van der Waals surface area contributed by atoms with Gasteiger partial charge in [0.1, 0.15) is 5.82 Å². The molecule has 1 fully saturated rings. The lowest BCUT2D eigenvalue weighted by Crippen LogP contribution is -2.08. The smallest absolute Gasteiger partial charge is 0.337 e. The summed E-state index contributed by atoms with van der Waals surface area (Å²) in [7, 11) is 1.37. The summed E-state index contributed by atoms with van der Waals surface area (Å²) >= 11 is 3.51. The molecule has 140 valence electrons. The molecule has 0 radical (unpaired) electrons. The Morgan fingerprint density at radius 2 is 2.07 bits per heavy atom. The minimum absolute atomic E-state index is 0.360. The van der Waals surface area contributed by atoms with E-state index in [-0.39, 0.29) is 5.97 Å². The zero-order chi connectivity index (χ0) is 19.0. The maximum Gasteiger partial charge on any atom is 0.337 e. The summed E-state index contributed by atoms with van der Waals surface area (Å²) in [6.45, 7) is 0.502. The Labute approximate surface area is 165 Å². The van der Waals surface area contributed by atoms with Crippen LogP contribution >= 0.6 is 15.9 Å². The second-order valence-corrected chi connectivity index (χ2v) is 7.49. The molecule has 0 bridgehead atoms. The summed E-state index contributed by atoms with van der Waals surface area (Å²) in [6.07, 6.45) is 4.60. The largest absolute Gasteiger partial charge is 0.465 e. The number of nitrogen functional groups attached to an aromatic ring is 1. The Balaban J connectivity index is 1.75. The SMILES string of the molecule is COC(=O)c1cccc(Cn2c(Br)nc3c(N)nc(C4CCCC4)nc32)c1.